The molecular weight excluding hydrogens is 426 g/mol. The summed E-state index contributed by atoms with van der Waals surface area (Å²) < 4.78 is 53.5. The molecule has 9 heteroatoms. The Hall–Kier alpha value is -3.49. The molecule has 32 heavy (non-hydrogen) atoms. The van der Waals surface area contributed by atoms with E-state index in [1.807, 2.05) is 13.8 Å². The number of alkyl halides is 3. The van der Waals surface area contributed by atoms with Crippen LogP contribution in [0.2, 0.25) is 0 Å². The lowest BCUT2D eigenvalue weighted by Gasteiger charge is -2.22. The smallest absolute Gasteiger partial charge is 0.344 e. The second kappa shape index (κ2) is 9.33. The van der Waals surface area contributed by atoms with Gasteiger partial charge in [0, 0.05) is 6.07 Å². The maximum atomic E-state index is 13.2. The Morgan fingerprint density at radius 2 is 1.75 bits per heavy atom. The number of benzene rings is 2. The molecule has 0 spiro atoms. The molecule has 0 aliphatic carbocycles. The lowest BCUT2D eigenvalue weighted by atomic mass is 9.95. The van der Waals surface area contributed by atoms with Crippen molar-refractivity contribution < 1.29 is 22.4 Å². The molecular formula is C23H21F4N3O2. The quantitative estimate of drug-likeness (QED) is 0.547. The molecule has 0 saturated carbocycles. The second-order valence-corrected chi connectivity index (χ2v) is 7.72. The summed E-state index contributed by atoms with van der Waals surface area (Å²) in [6.45, 7) is 3.78. The molecule has 0 saturated heterocycles. The van der Waals surface area contributed by atoms with Gasteiger partial charge in [0.15, 0.2) is 0 Å². The van der Waals surface area contributed by atoms with Gasteiger partial charge >= 0.3 is 6.18 Å². The molecule has 0 bridgehead atoms. The molecule has 1 heterocycles. The number of amides is 1. The maximum Gasteiger partial charge on any atom is 0.416 e. The lowest BCUT2D eigenvalue weighted by Crippen LogP contribution is -2.32. The maximum absolute atomic E-state index is 13.2. The third-order valence-electron chi connectivity index (χ3n) is 4.73. The van der Waals surface area contributed by atoms with E-state index in [1.165, 1.54) is 30.3 Å². The average molecular weight is 447 g/mol. The zero-order valence-electron chi connectivity index (χ0n) is 17.4. The SMILES string of the molecule is CC(C)CC(NC(=O)c1ccc(=O)n(-c2ccc(F)cc2)n1)c1cccc(C(F)(F)F)c1. The van der Waals surface area contributed by atoms with Crippen molar-refractivity contribution in [3.05, 3.63) is 93.7 Å². The summed E-state index contributed by atoms with van der Waals surface area (Å²) in [4.78, 5) is 25.0. The van der Waals surface area contributed by atoms with Crippen LogP contribution in [0.4, 0.5) is 17.6 Å². The van der Waals surface area contributed by atoms with Crippen LogP contribution in [0, 0.1) is 11.7 Å². The van der Waals surface area contributed by atoms with Crippen LogP contribution in [0.3, 0.4) is 0 Å². The number of halogens is 4. The Morgan fingerprint density at radius 1 is 1.06 bits per heavy atom. The minimum absolute atomic E-state index is 0.0796. The number of hydrogen-bond acceptors (Lipinski definition) is 3. The predicted molar refractivity (Wildman–Crippen MR) is 111 cm³/mol. The summed E-state index contributed by atoms with van der Waals surface area (Å²) in [5.74, 6) is -1.06. The largest absolute Gasteiger partial charge is 0.416 e. The van der Waals surface area contributed by atoms with Crippen molar-refractivity contribution in [1.29, 1.82) is 0 Å². The van der Waals surface area contributed by atoms with Crippen LogP contribution in [0.15, 0.2) is 65.5 Å². The number of nitrogens with one attached hydrogen (secondary N) is 1. The van der Waals surface area contributed by atoms with Gasteiger partial charge in [-0.3, -0.25) is 9.59 Å². The summed E-state index contributed by atoms with van der Waals surface area (Å²) in [5, 5.41) is 6.77. The number of nitrogens with zero attached hydrogens (tertiary/aromatic N) is 2. The van der Waals surface area contributed by atoms with Crippen molar-refractivity contribution in [2.24, 2.45) is 5.92 Å². The summed E-state index contributed by atoms with van der Waals surface area (Å²) in [6, 6.07) is 11.5. The van der Waals surface area contributed by atoms with Gasteiger partial charge < -0.3 is 5.32 Å². The third-order valence-corrected chi connectivity index (χ3v) is 4.73. The van der Waals surface area contributed by atoms with Crippen LogP contribution < -0.4 is 10.9 Å². The van der Waals surface area contributed by atoms with Gasteiger partial charge in [-0.2, -0.15) is 23.0 Å². The Bertz CT molecular complexity index is 1150. The first-order valence-corrected chi connectivity index (χ1v) is 9.89. The topological polar surface area (TPSA) is 64.0 Å². The van der Waals surface area contributed by atoms with E-state index < -0.39 is 35.1 Å². The highest BCUT2D eigenvalue weighted by Gasteiger charge is 2.31. The van der Waals surface area contributed by atoms with E-state index >= 15 is 0 Å². The molecule has 1 N–H and O–H groups in total. The van der Waals surface area contributed by atoms with Gasteiger partial charge in [-0.05, 0) is 60.4 Å². The molecule has 5 nitrogen and oxygen atoms in total. The van der Waals surface area contributed by atoms with Gasteiger partial charge in [0.05, 0.1) is 17.3 Å². The summed E-state index contributed by atoms with van der Waals surface area (Å²) in [7, 11) is 0. The van der Waals surface area contributed by atoms with Gasteiger partial charge in [0.25, 0.3) is 11.5 Å². The molecule has 0 aliphatic rings. The number of carbonyl (C=O) groups is 1. The van der Waals surface area contributed by atoms with Crippen molar-refractivity contribution in [2.75, 3.05) is 0 Å². The molecule has 0 fully saturated rings. The van der Waals surface area contributed by atoms with Crippen molar-refractivity contribution >= 4 is 5.91 Å². The zero-order chi connectivity index (χ0) is 23.5. The van der Waals surface area contributed by atoms with Crippen LogP contribution in [0.25, 0.3) is 5.69 Å². The van der Waals surface area contributed by atoms with Gasteiger partial charge in [0.2, 0.25) is 0 Å². The number of aromatic nitrogens is 2. The minimum Gasteiger partial charge on any atom is -0.344 e. The van der Waals surface area contributed by atoms with Crippen LogP contribution in [0.1, 0.15) is 47.9 Å². The monoisotopic (exact) mass is 447 g/mol. The predicted octanol–water partition coefficient (Wildman–Crippen LogP) is 4.91. The molecule has 168 valence electrons. The van der Waals surface area contributed by atoms with Gasteiger partial charge in [-0.15, -0.1) is 0 Å². The van der Waals surface area contributed by atoms with E-state index in [0.717, 1.165) is 35.0 Å². The first-order chi connectivity index (χ1) is 15.0. The third kappa shape index (κ3) is 5.60. The van der Waals surface area contributed by atoms with E-state index in [0.29, 0.717) is 12.0 Å². The molecule has 3 aromatic rings. The van der Waals surface area contributed by atoms with Crippen LogP contribution in [-0.4, -0.2) is 15.7 Å². The van der Waals surface area contributed by atoms with E-state index in [2.05, 4.69) is 10.4 Å². The lowest BCUT2D eigenvalue weighted by molar-refractivity contribution is -0.137. The molecule has 2 aromatic carbocycles. The summed E-state index contributed by atoms with van der Waals surface area (Å²) in [5.41, 5.74) is -0.850. The van der Waals surface area contributed by atoms with E-state index in [9.17, 15) is 27.2 Å². The van der Waals surface area contributed by atoms with Gasteiger partial charge in [-0.25, -0.2) is 4.39 Å². The summed E-state index contributed by atoms with van der Waals surface area (Å²) in [6.07, 6.45) is -4.11. The van der Waals surface area contributed by atoms with E-state index in [-0.39, 0.29) is 17.3 Å². The highest BCUT2D eigenvalue weighted by molar-refractivity contribution is 5.92. The summed E-state index contributed by atoms with van der Waals surface area (Å²) >= 11 is 0. The average Bonchev–Trinajstić information content (AvgIpc) is 2.73. The van der Waals surface area contributed by atoms with Crippen LogP contribution >= 0.6 is 0 Å². The highest BCUT2D eigenvalue weighted by atomic mass is 19.4. The fourth-order valence-corrected chi connectivity index (χ4v) is 3.21. The van der Waals surface area contributed by atoms with Crippen molar-refractivity contribution in [3.8, 4) is 5.69 Å². The molecule has 0 radical (unpaired) electrons. The number of rotatable bonds is 6. The molecule has 1 unspecified atom stereocenters. The van der Waals surface area contributed by atoms with E-state index in [1.54, 1.807) is 0 Å². The number of carbonyl (C=O) groups excluding carboxylic acids is 1. The standard InChI is InChI=1S/C23H21F4N3O2/c1-14(2)12-20(15-4-3-5-16(13-15)23(25,26)27)28-22(32)19-10-11-21(31)30(29-19)18-8-6-17(24)7-9-18/h3-11,13-14,20H,12H2,1-2H3,(H,28,32). The highest BCUT2D eigenvalue weighted by Crippen LogP contribution is 2.32. The van der Waals surface area contributed by atoms with Crippen LogP contribution in [0.5, 0.6) is 0 Å². The van der Waals surface area contributed by atoms with Crippen molar-refractivity contribution in [2.45, 2.75) is 32.5 Å². The van der Waals surface area contributed by atoms with Crippen molar-refractivity contribution in [3.63, 3.8) is 0 Å². The van der Waals surface area contributed by atoms with Gasteiger partial charge in [-0.1, -0.05) is 26.0 Å². The molecule has 1 amide bonds. The van der Waals surface area contributed by atoms with Gasteiger partial charge in [0.1, 0.15) is 11.5 Å². The fourth-order valence-electron chi connectivity index (χ4n) is 3.21. The first kappa shape index (κ1) is 23.2. The Kier molecular flexibility index (Phi) is 6.76. The molecule has 1 atom stereocenters. The first-order valence-electron chi connectivity index (χ1n) is 9.89. The van der Waals surface area contributed by atoms with Crippen LogP contribution in [-0.2, 0) is 6.18 Å². The second-order valence-electron chi connectivity index (χ2n) is 7.72. The number of hydrogen-bond donors (Lipinski definition) is 1. The minimum atomic E-state index is -4.51. The Labute approximate surface area is 181 Å². The van der Waals surface area contributed by atoms with Crippen molar-refractivity contribution in [1.82, 2.24) is 15.1 Å². The fraction of sp³-hybridized carbons (Fsp3) is 0.261. The normalized spacial score (nSPS) is 12.6. The molecule has 3 rings (SSSR count). The Morgan fingerprint density at radius 3 is 2.38 bits per heavy atom. The Balaban J connectivity index is 1.91. The zero-order valence-corrected chi connectivity index (χ0v) is 17.4. The van der Waals surface area contributed by atoms with E-state index in [4.69, 9.17) is 0 Å². The molecule has 1 aromatic heterocycles. The molecule has 0 aliphatic heterocycles.